The van der Waals surface area contributed by atoms with Crippen molar-refractivity contribution < 1.29 is 9.72 Å². The van der Waals surface area contributed by atoms with Crippen molar-refractivity contribution in [3.8, 4) is 0 Å². The van der Waals surface area contributed by atoms with Crippen LogP contribution >= 0.6 is 23.4 Å². The molecule has 0 aromatic heterocycles. The molecule has 0 saturated carbocycles. The highest BCUT2D eigenvalue weighted by molar-refractivity contribution is 7.98. The normalized spacial score (nSPS) is 10.4. The predicted molar refractivity (Wildman–Crippen MR) is 84.1 cm³/mol. The van der Waals surface area contributed by atoms with Gasteiger partial charge < -0.3 is 0 Å². The van der Waals surface area contributed by atoms with Crippen molar-refractivity contribution in [3.63, 3.8) is 0 Å². The van der Waals surface area contributed by atoms with Crippen LogP contribution in [0.2, 0.25) is 5.02 Å². The van der Waals surface area contributed by atoms with Crippen molar-refractivity contribution in [2.45, 2.75) is 17.6 Å². The number of benzene rings is 2. The Balaban J connectivity index is 2.23. The molecule has 0 saturated heterocycles. The quantitative estimate of drug-likeness (QED) is 0.345. The van der Waals surface area contributed by atoms with Crippen LogP contribution in [0.1, 0.15) is 22.8 Å². The number of nitrogens with zero attached hydrogens (tertiary/aromatic N) is 1. The summed E-state index contributed by atoms with van der Waals surface area (Å²) in [5.74, 6) is 0.380. The van der Waals surface area contributed by atoms with Gasteiger partial charge in [-0.15, -0.1) is 11.8 Å². The van der Waals surface area contributed by atoms with E-state index >= 15 is 0 Å². The predicted octanol–water partition coefficient (Wildman–Crippen LogP) is 4.74. The zero-order valence-corrected chi connectivity index (χ0v) is 12.8. The van der Waals surface area contributed by atoms with E-state index in [9.17, 15) is 14.9 Å². The van der Waals surface area contributed by atoms with Crippen molar-refractivity contribution >= 4 is 34.8 Å². The number of thioether (sulfide) groups is 1. The standard InChI is InChI=1S/C15H12ClNO3S/c1-10(18)12-5-6-15(14(8-12)17(19)20)21-9-11-3-2-4-13(16)7-11/h2-8H,9H2,1H3. The average Bonchev–Trinajstić information content (AvgIpc) is 2.44. The summed E-state index contributed by atoms with van der Waals surface area (Å²) in [7, 11) is 0. The van der Waals surface area contributed by atoms with Crippen LogP contribution in [0.15, 0.2) is 47.4 Å². The van der Waals surface area contributed by atoms with Crippen molar-refractivity contribution in [2.75, 3.05) is 0 Å². The molecule has 0 unspecified atom stereocenters. The van der Waals surface area contributed by atoms with Crippen LogP contribution in [0.25, 0.3) is 0 Å². The highest BCUT2D eigenvalue weighted by Gasteiger charge is 2.16. The van der Waals surface area contributed by atoms with Crippen LogP contribution in [-0.4, -0.2) is 10.7 Å². The monoisotopic (exact) mass is 321 g/mol. The van der Waals surface area contributed by atoms with Gasteiger partial charge >= 0.3 is 0 Å². The molecule has 0 amide bonds. The van der Waals surface area contributed by atoms with Gasteiger partial charge in [0, 0.05) is 22.4 Å². The minimum absolute atomic E-state index is 0.0465. The summed E-state index contributed by atoms with van der Waals surface area (Å²) < 4.78 is 0. The van der Waals surface area contributed by atoms with Crippen LogP contribution in [0.3, 0.4) is 0 Å². The largest absolute Gasteiger partial charge is 0.295 e. The molecule has 0 aliphatic carbocycles. The molecule has 21 heavy (non-hydrogen) atoms. The zero-order valence-electron chi connectivity index (χ0n) is 11.2. The summed E-state index contributed by atoms with van der Waals surface area (Å²) in [6.07, 6.45) is 0. The van der Waals surface area contributed by atoms with Gasteiger partial charge in [0.05, 0.1) is 9.82 Å². The molecule has 0 aliphatic heterocycles. The lowest BCUT2D eigenvalue weighted by atomic mass is 10.1. The third-order valence-electron chi connectivity index (χ3n) is 2.85. The van der Waals surface area contributed by atoms with E-state index in [0.717, 1.165) is 5.56 Å². The molecule has 0 heterocycles. The summed E-state index contributed by atoms with van der Waals surface area (Å²) in [4.78, 5) is 22.5. The van der Waals surface area contributed by atoms with Gasteiger partial charge in [-0.1, -0.05) is 23.7 Å². The molecule has 2 rings (SSSR count). The van der Waals surface area contributed by atoms with Crippen molar-refractivity contribution in [3.05, 3.63) is 68.7 Å². The second-order valence-corrected chi connectivity index (χ2v) is 5.87. The topological polar surface area (TPSA) is 60.2 Å². The van der Waals surface area contributed by atoms with E-state index < -0.39 is 4.92 Å². The van der Waals surface area contributed by atoms with E-state index in [0.29, 0.717) is 21.2 Å². The third kappa shape index (κ3) is 4.06. The molecule has 4 nitrogen and oxygen atoms in total. The van der Waals surface area contributed by atoms with Gasteiger partial charge in [-0.3, -0.25) is 14.9 Å². The minimum atomic E-state index is -0.466. The van der Waals surface area contributed by atoms with E-state index in [4.69, 9.17) is 11.6 Å². The lowest BCUT2D eigenvalue weighted by molar-refractivity contribution is -0.387. The molecule has 0 radical (unpaired) electrons. The fourth-order valence-corrected chi connectivity index (χ4v) is 2.95. The van der Waals surface area contributed by atoms with Crippen LogP contribution in [0, 0.1) is 10.1 Å². The number of rotatable bonds is 5. The lowest BCUT2D eigenvalue weighted by Crippen LogP contribution is -1.97. The van der Waals surface area contributed by atoms with E-state index in [1.807, 2.05) is 18.2 Å². The van der Waals surface area contributed by atoms with Crippen LogP contribution in [0.4, 0.5) is 5.69 Å². The number of carbonyl (C=O) groups is 1. The highest BCUT2D eigenvalue weighted by atomic mass is 35.5. The molecular weight excluding hydrogens is 310 g/mol. The first kappa shape index (κ1) is 15.5. The SMILES string of the molecule is CC(=O)c1ccc(SCc2cccc(Cl)c2)c([N+](=O)[O-])c1. The Morgan fingerprint density at radius 2 is 2.05 bits per heavy atom. The Morgan fingerprint density at radius 1 is 1.29 bits per heavy atom. The summed E-state index contributed by atoms with van der Waals surface area (Å²) in [6.45, 7) is 1.39. The van der Waals surface area contributed by atoms with Gasteiger partial charge in [0.1, 0.15) is 0 Å². The molecule has 0 spiro atoms. The second-order valence-electron chi connectivity index (χ2n) is 4.41. The molecule has 2 aromatic carbocycles. The Hall–Kier alpha value is -1.85. The lowest BCUT2D eigenvalue weighted by Gasteiger charge is -2.05. The van der Waals surface area contributed by atoms with Crippen molar-refractivity contribution in [2.24, 2.45) is 0 Å². The number of nitro groups is 1. The smallest absolute Gasteiger partial charge is 0.283 e. The maximum absolute atomic E-state index is 11.3. The van der Waals surface area contributed by atoms with Gasteiger partial charge in [-0.2, -0.15) is 0 Å². The van der Waals surface area contributed by atoms with E-state index in [1.165, 1.54) is 24.8 Å². The summed E-state index contributed by atoms with van der Waals surface area (Å²) in [6, 6.07) is 11.9. The van der Waals surface area contributed by atoms with Gasteiger partial charge in [0.2, 0.25) is 0 Å². The zero-order chi connectivity index (χ0) is 15.4. The number of hydrogen-bond acceptors (Lipinski definition) is 4. The van der Waals surface area contributed by atoms with Gasteiger partial charge in [0.15, 0.2) is 5.78 Å². The first-order valence-corrected chi connectivity index (χ1v) is 7.50. The fraction of sp³-hybridized carbons (Fsp3) is 0.133. The molecule has 2 aromatic rings. The summed E-state index contributed by atoms with van der Waals surface area (Å²) >= 11 is 7.25. The molecule has 6 heteroatoms. The summed E-state index contributed by atoms with van der Waals surface area (Å²) in [5.41, 5.74) is 1.28. The number of nitro benzene ring substituents is 1. The van der Waals surface area contributed by atoms with E-state index in [-0.39, 0.29) is 11.5 Å². The van der Waals surface area contributed by atoms with Crippen molar-refractivity contribution in [1.29, 1.82) is 0 Å². The number of Topliss-reactive ketones (excluding diaryl/α,β-unsaturated/α-hetero) is 1. The van der Waals surface area contributed by atoms with Gasteiger partial charge in [0.25, 0.3) is 5.69 Å². The van der Waals surface area contributed by atoms with E-state index in [2.05, 4.69) is 0 Å². The first-order chi connectivity index (χ1) is 9.97. The summed E-state index contributed by atoms with van der Waals surface area (Å²) in [5, 5.41) is 11.8. The number of hydrogen-bond donors (Lipinski definition) is 0. The molecule has 0 bridgehead atoms. The maximum atomic E-state index is 11.3. The molecule has 0 atom stereocenters. The van der Waals surface area contributed by atoms with E-state index in [1.54, 1.807) is 18.2 Å². The fourth-order valence-electron chi connectivity index (χ4n) is 1.79. The Labute approximate surface area is 131 Å². The van der Waals surface area contributed by atoms with Gasteiger partial charge in [-0.05, 0) is 36.8 Å². The van der Waals surface area contributed by atoms with Crippen molar-refractivity contribution in [1.82, 2.24) is 0 Å². The number of halogens is 1. The minimum Gasteiger partial charge on any atom is -0.295 e. The Bertz CT molecular complexity index is 703. The number of carbonyl (C=O) groups excluding carboxylic acids is 1. The Kier molecular flexibility index (Phi) is 4.98. The average molecular weight is 322 g/mol. The van der Waals surface area contributed by atoms with Crippen LogP contribution in [0.5, 0.6) is 0 Å². The van der Waals surface area contributed by atoms with Crippen LogP contribution in [-0.2, 0) is 5.75 Å². The highest BCUT2D eigenvalue weighted by Crippen LogP contribution is 2.32. The molecule has 0 N–H and O–H groups in total. The van der Waals surface area contributed by atoms with Gasteiger partial charge in [-0.25, -0.2) is 0 Å². The third-order valence-corrected chi connectivity index (χ3v) is 4.21. The maximum Gasteiger partial charge on any atom is 0.283 e. The molecular formula is C15H12ClNO3S. The second kappa shape index (κ2) is 6.74. The first-order valence-electron chi connectivity index (χ1n) is 6.14. The number of ketones is 1. The van der Waals surface area contributed by atoms with Crippen LogP contribution < -0.4 is 0 Å². The molecule has 0 fully saturated rings. The molecule has 0 aliphatic rings. The Morgan fingerprint density at radius 3 is 2.67 bits per heavy atom. The molecule has 108 valence electrons.